The minimum Gasteiger partial charge on any atom is -0.484 e. The normalized spacial score (nSPS) is 10.0. The largest absolute Gasteiger partial charge is 0.484 e. The van der Waals surface area contributed by atoms with Crippen LogP contribution < -0.4 is 15.4 Å². The Labute approximate surface area is 157 Å². The van der Waals surface area contributed by atoms with Gasteiger partial charge < -0.3 is 10.1 Å². The van der Waals surface area contributed by atoms with Gasteiger partial charge in [0, 0.05) is 22.3 Å². The lowest BCUT2D eigenvalue weighted by molar-refractivity contribution is -0.384. The predicted molar refractivity (Wildman–Crippen MR) is 102 cm³/mol. The number of amides is 1. The number of halogens is 1. The molecule has 2 N–H and O–H groups in total. The Morgan fingerprint density at radius 1 is 1.32 bits per heavy atom. The van der Waals surface area contributed by atoms with E-state index in [1.54, 1.807) is 18.2 Å². The molecule has 0 aliphatic heterocycles. The van der Waals surface area contributed by atoms with Crippen LogP contribution in [0, 0.1) is 17.0 Å². The van der Waals surface area contributed by atoms with Gasteiger partial charge in [0.1, 0.15) is 5.75 Å². The minimum atomic E-state index is -0.513. The van der Waals surface area contributed by atoms with Gasteiger partial charge in [0.15, 0.2) is 11.7 Å². The van der Waals surface area contributed by atoms with Gasteiger partial charge in [0.05, 0.1) is 4.92 Å². The lowest BCUT2D eigenvalue weighted by atomic mass is 10.2. The summed E-state index contributed by atoms with van der Waals surface area (Å²) in [6.45, 7) is 1.70. The Kier molecular flexibility index (Phi) is 6.43. The van der Waals surface area contributed by atoms with Crippen LogP contribution in [0.4, 0.5) is 11.4 Å². The number of ether oxygens (including phenoxy) is 1. The van der Waals surface area contributed by atoms with Crippen LogP contribution in [0.25, 0.3) is 0 Å². The first-order chi connectivity index (χ1) is 11.8. The summed E-state index contributed by atoms with van der Waals surface area (Å²) in [6.07, 6.45) is 0. The Balaban J connectivity index is 1.85. The molecule has 130 valence electrons. The molecule has 0 atom stereocenters. The molecule has 0 aromatic heterocycles. The summed E-state index contributed by atoms with van der Waals surface area (Å²) in [5.41, 5.74) is 1.32. The molecular weight excluding hydrogens is 410 g/mol. The van der Waals surface area contributed by atoms with Crippen molar-refractivity contribution in [3.63, 3.8) is 0 Å². The Hall–Kier alpha value is -2.52. The molecule has 0 saturated heterocycles. The van der Waals surface area contributed by atoms with Crippen LogP contribution in [0.3, 0.4) is 0 Å². The second kappa shape index (κ2) is 8.54. The number of carbonyl (C=O) groups excluding carboxylic acids is 1. The SMILES string of the molecule is Cc1cc(OCC(=O)NC(=S)Nc2cccc([N+](=O)[O-])c2)ccc1Br. The number of nitrogens with one attached hydrogen (secondary N) is 2. The van der Waals surface area contributed by atoms with Crippen molar-refractivity contribution in [1.82, 2.24) is 5.32 Å². The molecule has 0 bridgehead atoms. The maximum absolute atomic E-state index is 11.9. The van der Waals surface area contributed by atoms with E-state index in [2.05, 4.69) is 26.6 Å². The van der Waals surface area contributed by atoms with E-state index in [1.807, 2.05) is 13.0 Å². The Bertz CT molecular complexity index is 829. The summed E-state index contributed by atoms with van der Waals surface area (Å²) in [5.74, 6) is 0.122. The first kappa shape index (κ1) is 18.8. The molecule has 7 nitrogen and oxygen atoms in total. The molecule has 0 unspecified atom stereocenters. The van der Waals surface area contributed by atoms with Gasteiger partial charge in [-0.05, 0) is 49.0 Å². The number of hydrogen-bond donors (Lipinski definition) is 2. The highest BCUT2D eigenvalue weighted by Gasteiger charge is 2.09. The van der Waals surface area contributed by atoms with Crippen molar-refractivity contribution in [1.29, 1.82) is 0 Å². The number of nitrogens with zero attached hydrogens (tertiary/aromatic N) is 1. The second-order valence-corrected chi connectivity index (χ2v) is 6.27. The van der Waals surface area contributed by atoms with Crippen LogP contribution in [0.1, 0.15) is 5.56 Å². The zero-order chi connectivity index (χ0) is 18.4. The lowest BCUT2D eigenvalue weighted by Crippen LogP contribution is -2.37. The van der Waals surface area contributed by atoms with E-state index in [0.29, 0.717) is 11.4 Å². The maximum atomic E-state index is 11.9. The highest BCUT2D eigenvalue weighted by Crippen LogP contribution is 2.21. The number of rotatable bonds is 5. The second-order valence-electron chi connectivity index (χ2n) is 5.01. The van der Waals surface area contributed by atoms with Crippen LogP contribution in [0.2, 0.25) is 0 Å². The first-order valence-corrected chi connectivity index (χ1v) is 8.29. The van der Waals surface area contributed by atoms with Crippen molar-refractivity contribution < 1.29 is 14.5 Å². The number of thiocarbonyl (C=S) groups is 1. The number of nitro groups is 1. The Morgan fingerprint density at radius 3 is 2.76 bits per heavy atom. The molecule has 0 fully saturated rings. The molecule has 0 spiro atoms. The molecule has 25 heavy (non-hydrogen) atoms. The van der Waals surface area contributed by atoms with Crippen molar-refractivity contribution >= 4 is 50.5 Å². The number of benzene rings is 2. The monoisotopic (exact) mass is 423 g/mol. The molecule has 1 amide bonds. The van der Waals surface area contributed by atoms with Crippen LogP contribution >= 0.6 is 28.1 Å². The molecule has 0 saturated carbocycles. The Morgan fingerprint density at radius 2 is 2.08 bits per heavy atom. The van der Waals surface area contributed by atoms with E-state index >= 15 is 0 Å². The zero-order valence-corrected chi connectivity index (χ0v) is 15.5. The van der Waals surface area contributed by atoms with Crippen LogP contribution in [0.15, 0.2) is 46.9 Å². The molecule has 2 aromatic carbocycles. The van der Waals surface area contributed by atoms with Gasteiger partial charge >= 0.3 is 0 Å². The summed E-state index contributed by atoms with van der Waals surface area (Å²) in [7, 11) is 0. The van der Waals surface area contributed by atoms with Gasteiger partial charge in [-0.25, -0.2) is 0 Å². The summed E-state index contributed by atoms with van der Waals surface area (Å²) < 4.78 is 6.35. The minimum absolute atomic E-state index is 0.0288. The molecule has 0 aliphatic carbocycles. The predicted octanol–water partition coefficient (Wildman–Crippen LogP) is 3.56. The van der Waals surface area contributed by atoms with E-state index in [-0.39, 0.29) is 17.4 Å². The third-order valence-corrected chi connectivity index (χ3v) is 4.16. The number of carbonyl (C=O) groups is 1. The molecule has 0 heterocycles. The van der Waals surface area contributed by atoms with Crippen molar-refractivity contribution in [2.75, 3.05) is 11.9 Å². The van der Waals surface area contributed by atoms with Gasteiger partial charge in [-0.1, -0.05) is 22.0 Å². The van der Waals surface area contributed by atoms with Crippen LogP contribution in [-0.4, -0.2) is 22.5 Å². The van der Waals surface area contributed by atoms with Crippen molar-refractivity contribution in [3.8, 4) is 5.75 Å². The first-order valence-electron chi connectivity index (χ1n) is 7.09. The summed E-state index contributed by atoms with van der Waals surface area (Å²) in [5, 5.41) is 15.9. The lowest BCUT2D eigenvalue weighted by Gasteiger charge is -2.11. The number of aryl methyl sites for hydroxylation is 1. The highest BCUT2D eigenvalue weighted by atomic mass is 79.9. The molecule has 0 radical (unpaired) electrons. The third-order valence-electron chi connectivity index (χ3n) is 3.07. The molecule has 2 aromatic rings. The van der Waals surface area contributed by atoms with Crippen LogP contribution in [0.5, 0.6) is 5.75 Å². The average molecular weight is 424 g/mol. The molecule has 9 heteroatoms. The zero-order valence-electron chi connectivity index (χ0n) is 13.1. The van der Waals surface area contributed by atoms with Crippen molar-refractivity contribution in [2.24, 2.45) is 0 Å². The summed E-state index contributed by atoms with van der Waals surface area (Å²) in [4.78, 5) is 22.1. The fourth-order valence-corrected chi connectivity index (χ4v) is 2.36. The van der Waals surface area contributed by atoms with Gasteiger partial charge in [0.2, 0.25) is 0 Å². The number of hydrogen-bond acceptors (Lipinski definition) is 5. The van der Waals surface area contributed by atoms with E-state index in [1.165, 1.54) is 18.2 Å². The quantitative estimate of drug-likeness (QED) is 0.433. The van der Waals surface area contributed by atoms with Crippen LogP contribution in [-0.2, 0) is 4.79 Å². The average Bonchev–Trinajstić information content (AvgIpc) is 2.56. The molecule has 2 rings (SSSR count). The highest BCUT2D eigenvalue weighted by molar-refractivity contribution is 9.10. The topological polar surface area (TPSA) is 93.5 Å². The van der Waals surface area contributed by atoms with E-state index < -0.39 is 10.8 Å². The van der Waals surface area contributed by atoms with Gasteiger partial charge in [0.25, 0.3) is 11.6 Å². The van der Waals surface area contributed by atoms with E-state index in [9.17, 15) is 14.9 Å². The third kappa shape index (κ3) is 5.80. The standard InChI is InChI=1S/C16H14BrN3O4S/c1-10-7-13(5-6-14(10)17)24-9-15(21)19-16(25)18-11-3-2-4-12(8-11)20(22)23/h2-8H,9H2,1H3,(H2,18,19,21,25). The van der Waals surface area contributed by atoms with Crippen molar-refractivity contribution in [2.45, 2.75) is 6.92 Å². The van der Waals surface area contributed by atoms with E-state index in [0.717, 1.165) is 10.0 Å². The number of non-ortho nitro benzene ring substituents is 1. The fourth-order valence-electron chi connectivity index (χ4n) is 1.88. The van der Waals surface area contributed by atoms with Crippen molar-refractivity contribution in [3.05, 3.63) is 62.6 Å². The fraction of sp³-hybridized carbons (Fsp3) is 0.125. The van der Waals surface area contributed by atoms with Gasteiger partial charge in [-0.15, -0.1) is 0 Å². The number of anilines is 1. The summed E-state index contributed by atoms with van der Waals surface area (Å²) >= 11 is 8.40. The molecular formula is C16H14BrN3O4S. The smallest absolute Gasteiger partial charge is 0.271 e. The maximum Gasteiger partial charge on any atom is 0.271 e. The van der Waals surface area contributed by atoms with Gasteiger partial charge in [-0.2, -0.15) is 0 Å². The summed E-state index contributed by atoms with van der Waals surface area (Å²) in [6, 6.07) is 11.2. The molecule has 0 aliphatic rings. The van der Waals surface area contributed by atoms with E-state index in [4.69, 9.17) is 17.0 Å². The number of nitro benzene ring substituents is 1. The van der Waals surface area contributed by atoms with Gasteiger partial charge in [-0.3, -0.25) is 20.2 Å².